The highest BCUT2D eigenvalue weighted by Gasteiger charge is 2.02. The highest BCUT2D eigenvalue weighted by molar-refractivity contribution is 8.31. The highest BCUT2D eigenvalue weighted by atomic mass is 36.0. The van der Waals surface area contributed by atoms with E-state index in [1.54, 1.807) is 0 Å². The highest BCUT2D eigenvalue weighted by Crippen LogP contribution is 2.26. The Labute approximate surface area is 102 Å². The van der Waals surface area contributed by atoms with Crippen LogP contribution >= 0.6 is 21.4 Å². The molecule has 1 aromatic carbocycles. The van der Waals surface area contributed by atoms with Crippen LogP contribution in [0.2, 0.25) is 0 Å². The van der Waals surface area contributed by atoms with Crippen molar-refractivity contribution in [2.45, 2.75) is 0 Å². The zero-order valence-corrected chi connectivity index (χ0v) is 10.7. The van der Waals surface area contributed by atoms with E-state index in [2.05, 4.69) is 21.4 Å². The van der Waals surface area contributed by atoms with Crippen molar-refractivity contribution in [3.05, 3.63) is 24.0 Å². The molecule has 0 spiro atoms. The average molecular weight is 291 g/mol. The number of rotatable bonds is 2. The Kier molecular flexibility index (Phi) is 6.47. The van der Waals surface area contributed by atoms with Gasteiger partial charge in [-0.25, -0.2) is 4.39 Å². The van der Waals surface area contributed by atoms with Gasteiger partial charge in [-0.1, -0.05) is 0 Å². The lowest BCUT2D eigenvalue weighted by atomic mass is 10.3. The molecule has 0 aliphatic heterocycles. The van der Waals surface area contributed by atoms with Crippen molar-refractivity contribution in [1.82, 2.24) is 0 Å². The standard InChI is InChI=1S/C8H9FO2.Cl2O2S/c1-10-7-4-3-6(9)5-8(7)11-2;1-5(2,3)4/h3-5H,1-2H3;. The van der Waals surface area contributed by atoms with Gasteiger partial charge in [0.15, 0.2) is 11.5 Å². The van der Waals surface area contributed by atoms with Crippen molar-refractivity contribution in [2.24, 2.45) is 0 Å². The molecular formula is C8H9Cl2FO4S. The van der Waals surface area contributed by atoms with E-state index in [9.17, 15) is 4.39 Å². The van der Waals surface area contributed by atoms with E-state index in [0.29, 0.717) is 11.5 Å². The number of ether oxygens (including phenoxy) is 2. The summed E-state index contributed by atoms with van der Waals surface area (Å²) in [5.41, 5.74) is 0. The monoisotopic (exact) mass is 290 g/mol. The minimum atomic E-state index is -3.72. The fourth-order valence-electron chi connectivity index (χ4n) is 0.810. The first-order valence-electron chi connectivity index (χ1n) is 3.79. The molecule has 0 aliphatic carbocycles. The SMILES string of the molecule is COc1ccc(F)cc1OC.O=S(=O)(Cl)Cl. The predicted octanol–water partition coefficient (Wildman–Crippen LogP) is 2.55. The molecule has 8 heteroatoms. The van der Waals surface area contributed by atoms with E-state index < -0.39 is 8.26 Å². The molecule has 1 rings (SSSR count). The second-order valence-corrected chi connectivity index (χ2v) is 6.05. The van der Waals surface area contributed by atoms with Gasteiger partial charge in [0.2, 0.25) is 0 Å². The molecule has 4 nitrogen and oxygen atoms in total. The van der Waals surface area contributed by atoms with Crippen molar-refractivity contribution >= 4 is 29.6 Å². The molecule has 0 radical (unpaired) electrons. The molecule has 0 aromatic heterocycles. The molecule has 0 saturated heterocycles. The van der Waals surface area contributed by atoms with Crippen LogP contribution in [0, 0.1) is 5.82 Å². The predicted molar refractivity (Wildman–Crippen MR) is 60.1 cm³/mol. The summed E-state index contributed by atoms with van der Waals surface area (Å²) >= 11 is 0. The third kappa shape index (κ3) is 7.56. The maximum absolute atomic E-state index is 12.5. The molecule has 0 atom stereocenters. The Morgan fingerprint density at radius 3 is 1.94 bits per heavy atom. The summed E-state index contributed by atoms with van der Waals surface area (Å²) in [6, 6.07) is 4.12. The van der Waals surface area contributed by atoms with Crippen molar-refractivity contribution < 1.29 is 22.3 Å². The van der Waals surface area contributed by atoms with Gasteiger partial charge in [-0.2, -0.15) is 8.42 Å². The maximum atomic E-state index is 12.5. The molecule has 0 bridgehead atoms. The lowest BCUT2D eigenvalue weighted by Crippen LogP contribution is -1.90. The quantitative estimate of drug-likeness (QED) is 0.786. The summed E-state index contributed by atoms with van der Waals surface area (Å²) in [5, 5.41) is 0. The molecular weight excluding hydrogens is 282 g/mol. The zero-order chi connectivity index (χ0) is 12.8. The van der Waals surface area contributed by atoms with E-state index in [4.69, 9.17) is 17.9 Å². The minimum Gasteiger partial charge on any atom is -0.493 e. The lowest BCUT2D eigenvalue weighted by Gasteiger charge is -2.05. The van der Waals surface area contributed by atoms with Gasteiger partial charge in [0.05, 0.1) is 14.2 Å². The van der Waals surface area contributed by atoms with Crippen LogP contribution in [0.5, 0.6) is 11.5 Å². The molecule has 0 saturated carbocycles. The van der Waals surface area contributed by atoms with Crippen molar-refractivity contribution in [3.63, 3.8) is 0 Å². The molecule has 92 valence electrons. The molecule has 0 aliphatic rings. The molecule has 0 heterocycles. The zero-order valence-electron chi connectivity index (χ0n) is 8.41. The van der Waals surface area contributed by atoms with Crippen LogP contribution < -0.4 is 9.47 Å². The van der Waals surface area contributed by atoms with Crippen molar-refractivity contribution in [2.75, 3.05) is 14.2 Å². The topological polar surface area (TPSA) is 52.6 Å². The second-order valence-electron chi connectivity index (χ2n) is 2.38. The van der Waals surface area contributed by atoms with Crippen LogP contribution in [0.4, 0.5) is 4.39 Å². The van der Waals surface area contributed by atoms with Gasteiger partial charge in [-0.15, -0.1) is 0 Å². The molecule has 1 aromatic rings. The van der Waals surface area contributed by atoms with Crippen LogP contribution in [0.25, 0.3) is 0 Å². The van der Waals surface area contributed by atoms with Gasteiger partial charge >= 0.3 is 8.26 Å². The van der Waals surface area contributed by atoms with E-state index in [1.807, 2.05) is 0 Å². The molecule has 0 unspecified atom stereocenters. The van der Waals surface area contributed by atoms with E-state index in [-0.39, 0.29) is 5.82 Å². The van der Waals surface area contributed by atoms with Crippen molar-refractivity contribution in [3.8, 4) is 11.5 Å². The fourth-order valence-corrected chi connectivity index (χ4v) is 0.810. The third-order valence-electron chi connectivity index (χ3n) is 1.35. The van der Waals surface area contributed by atoms with E-state index in [0.717, 1.165) is 0 Å². The van der Waals surface area contributed by atoms with E-state index >= 15 is 0 Å². The summed E-state index contributed by atoms with van der Waals surface area (Å²) in [5.74, 6) is 0.615. The van der Waals surface area contributed by atoms with Crippen molar-refractivity contribution in [1.29, 1.82) is 0 Å². The van der Waals surface area contributed by atoms with Gasteiger partial charge in [0, 0.05) is 27.4 Å². The fraction of sp³-hybridized carbons (Fsp3) is 0.250. The van der Waals surface area contributed by atoms with Crippen LogP contribution in [0.15, 0.2) is 18.2 Å². The average Bonchev–Trinajstić information content (AvgIpc) is 2.15. The summed E-state index contributed by atoms with van der Waals surface area (Å²) in [7, 11) is 7.79. The number of benzene rings is 1. The second kappa shape index (κ2) is 6.78. The Hall–Kier alpha value is -0.720. The van der Waals surface area contributed by atoms with Gasteiger partial charge in [0.1, 0.15) is 5.82 Å². The first-order chi connectivity index (χ1) is 7.27. The summed E-state index contributed by atoms with van der Waals surface area (Å²) in [6.07, 6.45) is 0. The number of halogens is 3. The molecule has 0 fully saturated rings. The Bertz CT molecular complexity index is 428. The normalized spacial score (nSPS) is 10.1. The Morgan fingerprint density at radius 1 is 1.12 bits per heavy atom. The summed E-state index contributed by atoms with van der Waals surface area (Å²) in [6.45, 7) is 0. The summed E-state index contributed by atoms with van der Waals surface area (Å²) < 4.78 is 40.6. The van der Waals surface area contributed by atoms with Crippen LogP contribution in [0.3, 0.4) is 0 Å². The minimum absolute atomic E-state index is 0.331. The molecule has 0 N–H and O–H groups in total. The van der Waals surface area contributed by atoms with Gasteiger partial charge in [0.25, 0.3) is 0 Å². The van der Waals surface area contributed by atoms with Crippen LogP contribution in [-0.2, 0) is 8.26 Å². The Morgan fingerprint density at radius 2 is 1.56 bits per heavy atom. The first-order valence-corrected chi connectivity index (χ1v) is 6.93. The molecule has 0 amide bonds. The van der Waals surface area contributed by atoms with Crippen LogP contribution in [-0.4, -0.2) is 22.6 Å². The smallest absolute Gasteiger partial charge is 0.317 e. The van der Waals surface area contributed by atoms with E-state index in [1.165, 1.54) is 32.4 Å². The third-order valence-corrected chi connectivity index (χ3v) is 1.35. The van der Waals surface area contributed by atoms with Gasteiger partial charge in [-0.05, 0) is 12.1 Å². The largest absolute Gasteiger partial charge is 0.493 e. The summed E-state index contributed by atoms with van der Waals surface area (Å²) in [4.78, 5) is 0. The number of methoxy groups -OCH3 is 2. The Balaban J connectivity index is 0.000000385. The van der Waals surface area contributed by atoms with Gasteiger partial charge in [-0.3, -0.25) is 0 Å². The number of hydrogen-bond donors (Lipinski definition) is 0. The van der Waals surface area contributed by atoms with Gasteiger partial charge < -0.3 is 9.47 Å². The van der Waals surface area contributed by atoms with Crippen LogP contribution in [0.1, 0.15) is 0 Å². The molecule has 16 heavy (non-hydrogen) atoms. The lowest BCUT2D eigenvalue weighted by molar-refractivity contribution is 0.352. The first kappa shape index (κ1) is 15.3. The maximum Gasteiger partial charge on any atom is 0.317 e. The number of hydrogen-bond acceptors (Lipinski definition) is 4.